The minimum Gasteiger partial charge on any atom is -0.298 e. The average Bonchev–Trinajstić information content (AvgIpc) is 2.48. The van der Waals surface area contributed by atoms with E-state index in [2.05, 4.69) is 39.5 Å². The van der Waals surface area contributed by atoms with Gasteiger partial charge in [-0.3, -0.25) is 4.90 Å². The van der Waals surface area contributed by atoms with Gasteiger partial charge >= 0.3 is 0 Å². The van der Waals surface area contributed by atoms with Crippen LogP contribution >= 0.6 is 0 Å². The van der Waals surface area contributed by atoms with E-state index < -0.39 is 0 Å². The molecule has 0 aliphatic heterocycles. The van der Waals surface area contributed by atoms with Crippen molar-refractivity contribution in [3.63, 3.8) is 0 Å². The van der Waals surface area contributed by atoms with Crippen LogP contribution in [0.2, 0.25) is 0 Å². The van der Waals surface area contributed by atoms with Crippen LogP contribution in [0.3, 0.4) is 0 Å². The molecule has 1 heteroatoms. The molecule has 128 valence electrons. The molecule has 0 rings (SSSR count). The summed E-state index contributed by atoms with van der Waals surface area (Å²) >= 11 is 0. The van der Waals surface area contributed by atoms with Crippen molar-refractivity contribution >= 4 is 0 Å². The van der Waals surface area contributed by atoms with Crippen molar-refractivity contribution in [2.24, 2.45) is 0 Å². The molecule has 0 unspecified atom stereocenters. The summed E-state index contributed by atoms with van der Waals surface area (Å²) in [6, 6.07) is 0. The van der Waals surface area contributed by atoms with Gasteiger partial charge in [0.15, 0.2) is 0 Å². The predicted octanol–water partition coefficient (Wildman–Crippen LogP) is 6.81. The van der Waals surface area contributed by atoms with Crippen LogP contribution in [-0.4, -0.2) is 23.5 Å². The summed E-state index contributed by atoms with van der Waals surface area (Å²) in [5, 5.41) is 0. The van der Waals surface area contributed by atoms with E-state index in [4.69, 9.17) is 0 Å². The van der Waals surface area contributed by atoms with E-state index in [9.17, 15) is 0 Å². The minimum absolute atomic E-state index is 0.446. The lowest BCUT2D eigenvalue weighted by Gasteiger charge is -2.41. The van der Waals surface area contributed by atoms with Gasteiger partial charge in [-0.05, 0) is 32.9 Å². The van der Waals surface area contributed by atoms with E-state index in [1.54, 1.807) is 0 Å². The second kappa shape index (κ2) is 13.6. The van der Waals surface area contributed by atoms with Gasteiger partial charge in [0.1, 0.15) is 0 Å². The SMILES string of the molecule is CCCCCCCC(C)(CCCCCCC)N(CC)CC. The van der Waals surface area contributed by atoms with Gasteiger partial charge in [-0.15, -0.1) is 0 Å². The second-order valence-electron chi connectivity index (χ2n) is 7.00. The van der Waals surface area contributed by atoms with Gasteiger partial charge in [-0.2, -0.15) is 0 Å². The molecule has 0 fully saturated rings. The van der Waals surface area contributed by atoms with Crippen molar-refractivity contribution in [3.05, 3.63) is 0 Å². The third-order valence-electron chi connectivity index (χ3n) is 5.16. The first-order valence-corrected chi connectivity index (χ1v) is 9.89. The lowest BCUT2D eigenvalue weighted by molar-refractivity contribution is 0.0915. The average molecular weight is 298 g/mol. The third kappa shape index (κ3) is 9.55. The monoisotopic (exact) mass is 297 g/mol. The fourth-order valence-electron chi connectivity index (χ4n) is 3.65. The molecule has 0 saturated heterocycles. The largest absolute Gasteiger partial charge is 0.298 e. The number of nitrogens with zero attached hydrogens (tertiary/aromatic N) is 1. The van der Waals surface area contributed by atoms with Gasteiger partial charge in [-0.25, -0.2) is 0 Å². The topological polar surface area (TPSA) is 3.24 Å². The molecule has 0 atom stereocenters. The highest BCUT2D eigenvalue weighted by Crippen LogP contribution is 2.29. The lowest BCUT2D eigenvalue weighted by Crippen LogP contribution is -2.46. The molecule has 0 spiro atoms. The molecule has 0 saturated carbocycles. The van der Waals surface area contributed by atoms with Crippen LogP contribution < -0.4 is 0 Å². The molecule has 0 bridgehead atoms. The first-order valence-electron chi connectivity index (χ1n) is 9.89. The summed E-state index contributed by atoms with van der Waals surface area (Å²) in [7, 11) is 0. The summed E-state index contributed by atoms with van der Waals surface area (Å²) < 4.78 is 0. The van der Waals surface area contributed by atoms with Crippen LogP contribution in [0.25, 0.3) is 0 Å². The molecule has 0 N–H and O–H groups in total. The van der Waals surface area contributed by atoms with Gasteiger partial charge < -0.3 is 0 Å². The van der Waals surface area contributed by atoms with Crippen molar-refractivity contribution < 1.29 is 0 Å². The van der Waals surface area contributed by atoms with Crippen molar-refractivity contribution in [3.8, 4) is 0 Å². The van der Waals surface area contributed by atoms with E-state index in [1.165, 1.54) is 90.1 Å². The lowest BCUT2D eigenvalue weighted by atomic mass is 9.86. The molecule has 0 aromatic heterocycles. The van der Waals surface area contributed by atoms with Crippen LogP contribution in [0, 0.1) is 0 Å². The summed E-state index contributed by atoms with van der Waals surface area (Å²) in [6.07, 6.45) is 16.9. The number of rotatable bonds is 15. The first kappa shape index (κ1) is 21.0. The van der Waals surface area contributed by atoms with Crippen LogP contribution in [0.15, 0.2) is 0 Å². The zero-order chi connectivity index (χ0) is 16.0. The fourth-order valence-corrected chi connectivity index (χ4v) is 3.65. The molecule has 0 aliphatic rings. The zero-order valence-electron chi connectivity index (χ0n) is 15.8. The number of hydrogen-bond donors (Lipinski definition) is 0. The maximum Gasteiger partial charge on any atom is 0.0181 e. The van der Waals surface area contributed by atoms with E-state index in [0.29, 0.717) is 5.54 Å². The Labute approximate surface area is 135 Å². The Morgan fingerprint density at radius 1 is 0.571 bits per heavy atom. The molecule has 0 aromatic rings. The highest BCUT2D eigenvalue weighted by Gasteiger charge is 2.28. The Hall–Kier alpha value is -0.0400. The highest BCUT2D eigenvalue weighted by molar-refractivity contribution is 4.85. The van der Waals surface area contributed by atoms with Crippen LogP contribution in [0.4, 0.5) is 0 Å². The standard InChI is InChI=1S/C20H43N/c1-6-10-12-14-16-18-20(5,21(8-3)9-4)19-17-15-13-11-7-2/h6-19H2,1-5H3. The second-order valence-corrected chi connectivity index (χ2v) is 7.00. The van der Waals surface area contributed by atoms with Crippen molar-refractivity contribution in [1.29, 1.82) is 0 Å². The Bertz CT molecular complexity index is 194. The zero-order valence-corrected chi connectivity index (χ0v) is 15.8. The van der Waals surface area contributed by atoms with Crippen molar-refractivity contribution in [1.82, 2.24) is 4.90 Å². The Morgan fingerprint density at radius 2 is 0.952 bits per heavy atom. The van der Waals surface area contributed by atoms with Gasteiger partial charge in [0, 0.05) is 5.54 Å². The molecule has 1 nitrogen and oxygen atoms in total. The van der Waals surface area contributed by atoms with E-state index in [1.807, 2.05) is 0 Å². The van der Waals surface area contributed by atoms with Crippen LogP contribution in [0.1, 0.15) is 112 Å². The maximum atomic E-state index is 2.71. The van der Waals surface area contributed by atoms with Gasteiger partial charge in [0.2, 0.25) is 0 Å². The van der Waals surface area contributed by atoms with Crippen LogP contribution in [0.5, 0.6) is 0 Å². The van der Waals surface area contributed by atoms with E-state index >= 15 is 0 Å². The van der Waals surface area contributed by atoms with Crippen molar-refractivity contribution in [2.45, 2.75) is 117 Å². The summed E-state index contributed by atoms with van der Waals surface area (Å²) in [5.74, 6) is 0. The third-order valence-corrected chi connectivity index (χ3v) is 5.16. The fraction of sp³-hybridized carbons (Fsp3) is 1.00. The van der Waals surface area contributed by atoms with Crippen molar-refractivity contribution in [2.75, 3.05) is 13.1 Å². The van der Waals surface area contributed by atoms with E-state index in [-0.39, 0.29) is 0 Å². The summed E-state index contributed by atoms with van der Waals surface area (Å²) in [4.78, 5) is 2.71. The highest BCUT2D eigenvalue weighted by atomic mass is 15.2. The molecular formula is C20H43N. The smallest absolute Gasteiger partial charge is 0.0181 e. The Kier molecular flexibility index (Phi) is 13.6. The quantitative estimate of drug-likeness (QED) is 0.300. The molecule has 0 amide bonds. The predicted molar refractivity (Wildman–Crippen MR) is 98.1 cm³/mol. The Morgan fingerprint density at radius 3 is 1.29 bits per heavy atom. The first-order chi connectivity index (χ1) is 10.1. The molecule has 0 aliphatic carbocycles. The molecule has 0 aromatic carbocycles. The minimum atomic E-state index is 0.446. The molecular weight excluding hydrogens is 254 g/mol. The summed E-state index contributed by atoms with van der Waals surface area (Å²) in [6.45, 7) is 14.2. The van der Waals surface area contributed by atoms with Gasteiger partial charge in [0.05, 0.1) is 0 Å². The molecule has 0 heterocycles. The molecule has 0 radical (unpaired) electrons. The number of hydrogen-bond acceptors (Lipinski definition) is 1. The number of unbranched alkanes of at least 4 members (excludes halogenated alkanes) is 8. The van der Waals surface area contributed by atoms with Gasteiger partial charge in [0.25, 0.3) is 0 Å². The van der Waals surface area contributed by atoms with Gasteiger partial charge in [-0.1, -0.05) is 91.9 Å². The van der Waals surface area contributed by atoms with E-state index in [0.717, 1.165) is 0 Å². The van der Waals surface area contributed by atoms with Crippen LogP contribution in [-0.2, 0) is 0 Å². The normalized spacial score (nSPS) is 12.3. The summed E-state index contributed by atoms with van der Waals surface area (Å²) in [5.41, 5.74) is 0.446. The molecule has 21 heavy (non-hydrogen) atoms. The Balaban J connectivity index is 4.20. The maximum absolute atomic E-state index is 2.71.